The van der Waals surface area contributed by atoms with E-state index in [-0.39, 0.29) is 0 Å². The summed E-state index contributed by atoms with van der Waals surface area (Å²) in [5.74, 6) is 0. The predicted octanol–water partition coefficient (Wildman–Crippen LogP) is -0.0676. The molecule has 0 spiro atoms. The lowest BCUT2D eigenvalue weighted by atomic mass is 10.6. The van der Waals surface area contributed by atoms with Crippen LogP contribution in [-0.2, 0) is 0 Å². The first-order valence-electron chi connectivity index (χ1n) is 1.85. The van der Waals surface area contributed by atoms with Gasteiger partial charge in [-0.15, -0.1) is 5.10 Å². The maximum absolute atomic E-state index is 10.0. The highest BCUT2D eigenvalue weighted by atomic mass is 16.5. The Kier molecular flexibility index (Phi) is 0.714. The van der Waals surface area contributed by atoms with Gasteiger partial charge in [0.25, 0.3) is 0 Å². The Morgan fingerprint density at radius 2 is 2.57 bits per heavy atom. The third-order valence-corrected chi connectivity index (χ3v) is 0.588. The second-order valence-electron chi connectivity index (χ2n) is 1.26. The fourth-order valence-corrected chi connectivity index (χ4v) is 0.326. The first-order chi connectivity index (χ1) is 3.29. The van der Waals surface area contributed by atoms with E-state index in [0.29, 0.717) is 10.5 Å². The molecule has 0 fully saturated rings. The Balaban J connectivity index is 3.04. The molecule has 0 aliphatic rings. The van der Waals surface area contributed by atoms with Crippen molar-refractivity contribution in [1.82, 2.24) is 15.2 Å². The average molecular weight is 98.1 g/mol. The van der Waals surface area contributed by atoms with Gasteiger partial charge >= 0.3 is 0 Å². The first kappa shape index (κ1) is 4.11. The molecular formula is C3H4N3O-. The van der Waals surface area contributed by atoms with Gasteiger partial charge in [0.15, 0.2) is 0 Å². The van der Waals surface area contributed by atoms with Crippen LogP contribution in [0.5, 0.6) is 0 Å². The second kappa shape index (κ2) is 1.22. The van der Waals surface area contributed by atoms with Gasteiger partial charge in [-0.1, -0.05) is 5.21 Å². The summed E-state index contributed by atoms with van der Waals surface area (Å²) in [6, 6.07) is 0. The molecule has 7 heavy (non-hydrogen) atoms. The Hall–Kier alpha value is -1.06. The number of rotatable bonds is 0. The third kappa shape index (κ3) is 0.677. The zero-order chi connectivity index (χ0) is 5.28. The van der Waals surface area contributed by atoms with Crippen molar-refractivity contribution >= 4 is 0 Å². The van der Waals surface area contributed by atoms with E-state index in [4.69, 9.17) is 0 Å². The van der Waals surface area contributed by atoms with Crippen LogP contribution < -0.4 is 0 Å². The van der Waals surface area contributed by atoms with Gasteiger partial charge in [0.2, 0.25) is 0 Å². The predicted molar refractivity (Wildman–Crippen MR) is 23.5 cm³/mol. The molecular weight excluding hydrogens is 94.1 g/mol. The average Bonchev–Trinajstić information content (AvgIpc) is 1.87. The standard InChI is InChI=1S/C3H4N3O/c1-3-2-6(7)5-4-3/h2H,1H3/q-1. The lowest BCUT2D eigenvalue weighted by Gasteiger charge is -1.95. The van der Waals surface area contributed by atoms with Gasteiger partial charge in [-0.2, -0.15) is 0 Å². The molecule has 0 bridgehead atoms. The van der Waals surface area contributed by atoms with Crippen LogP contribution in [0.2, 0.25) is 0 Å². The number of hydrogen-bond donors (Lipinski definition) is 0. The highest BCUT2D eigenvalue weighted by Crippen LogP contribution is 1.83. The van der Waals surface area contributed by atoms with Crippen molar-refractivity contribution in [3.63, 3.8) is 0 Å². The molecule has 1 rings (SSSR count). The molecule has 0 amide bonds. The summed E-state index contributed by atoms with van der Waals surface area (Å²) in [6.07, 6.45) is 1.31. The van der Waals surface area contributed by atoms with Crippen molar-refractivity contribution in [2.24, 2.45) is 0 Å². The number of nitrogens with zero attached hydrogens (tertiary/aromatic N) is 3. The van der Waals surface area contributed by atoms with Crippen molar-refractivity contribution in [3.8, 4) is 0 Å². The molecule has 0 atom stereocenters. The molecule has 0 saturated heterocycles. The van der Waals surface area contributed by atoms with Crippen molar-refractivity contribution < 1.29 is 0 Å². The maximum atomic E-state index is 10.0. The van der Waals surface area contributed by atoms with Crippen molar-refractivity contribution in [2.75, 3.05) is 0 Å². The molecule has 1 heterocycles. The van der Waals surface area contributed by atoms with Crippen LogP contribution in [-0.4, -0.2) is 15.2 Å². The van der Waals surface area contributed by atoms with Crippen LogP contribution in [0.25, 0.3) is 0 Å². The fourth-order valence-electron chi connectivity index (χ4n) is 0.326. The minimum Gasteiger partial charge on any atom is -0.789 e. The van der Waals surface area contributed by atoms with E-state index in [1.165, 1.54) is 6.20 Å². The van der Waals surface area contributed by atoms with E-state index in [1.807, 2.05) is 0 Å². The number of hydrogen-bond acceptors (Lipinski definition) is 3. The fraction of sp³-hybridized carbons (Fsp3) is 0.333. The Morgan fingerprint density at radius 3 is 2.71 bits per heavy atom. The van der Waals surface area contributed by atoms with E-state index >= 15 is 0 Å². The molecule has 0 N–H and O–H groups in total. The van der Waals surface area contributed by atoms with Crippen LogP contribution in [0, 0.1) is 12.1 Å². The Labute approximate surface area is 40.3 Å². The largest absolute Gasteiger partial charge is 0.789 e. The monoisotopic (exact) mass is 98.0 g/mol. The van der Waals surface area contributed by atoms with Gasteiger partial charge < -0.3 is 5.21 Å². The van der Waals surface area contributed by atoms with E-state index in [2.05, 4.69) is 10.3 Å². The quantitative estimate of drug-likeness (QED) is 0.456. The zero-order valence-corrected chi connectivity index (χ0v) is 3.83. The summed E-state index contributed by atoms with van der Waals surface area (Å²) in [5, 5.41) is 16.6. The number of aryl methyl sites for hydroxylation is 1. The van der Waals surface area contributed by atoms with Gasteiger partial charge in [-0.05, 0) is 6.92 Å². The molecule has 4 heteroatoms. The Bertz CT molecular complexity index is 142. The molecule has 1 aromatic heterocycles. The van der Waals surface area contributed by atoms with E-state index in [9.17, 15) is 5.21 Å². The molecule has 0 aromatic carbocycles. The topological polar surface area (TPSA) is 53.8 Å². The minimum absolute atomic E-state index is 0.426. The van der Waals surface area contributed by atoms with Gasteiger partial charge in [-0.3, -0.25) is 4.85 Å². The lowest BCUT2D eigenvalue weighted by molar-refractivity contribution is 0.804. The highest BCUT2D eigenvalue weighted by molar-refractivity contribution is 4.86. The third-order valence-electron chi connectivity index (χ3n) is 0.588. The van der Waals surface area contributed by atoms with Crippen molar-refractivity contribution in [2.45, 2.75) is 6.92 Å². The summed E-state index contributed by atoms with van der Waals surface area (Å²) in [5.41, 5.74) is 0.648. The molecule has 0 aliphatic carbocycles. The highest BCUT2D eigenvalue weighted by Gasteiger charge is 1.80. The summed E-state index contributed by atoms with van der Waals surface area (Å²) in [6.45, 7) is 1.71. The molecule has 38 valence electrons. The van der Waals surface area contributed by atoms with E-state index in [1.54, 1.807) is 6.92 Å². The van der Waals surface area contributed by atoms with Crippen LogP contribution in [0.1, 0.15) is 5.69 Å². The lowest BCUT2D eigenvalue weighted by Crippen LogP contribution is -1.83. The van der Waals surface area contributed by atoms with Gasteiger partial charge in [0.05, 0.1) is 5.69 Å². The maximum Gasteiger partial charge on any atom is 0.0792 e. The van der Waals surface area contributed by atoms with Crippen LogP contribution >= 0.6 is 0 Å². The van der Waals surface area contributed by atoms with Crippen LogP contribution in [0.15, 0.2) is 6.20 Å². The van der Waals surface area contributed by atoms with Crippen LogP contribution in [0.3, 0.4) is 0 Å². The van der Waals surface area contributed by atoms with Crippen molar-refractivity contribution in [1.29, 1.82) is 0 Å². The molecule has 0 unspecified atom stereocenters. The second-order valence-corrected chi connectivity index (χ2v) is 1.26. The van der Waals surface area contributed by atoms with Gasteiger partial charge in [-0.25, -0.2) is 0 Å². The smallest absolute Gasteiger partial charge is 0.0792 e. The normalized spacial score (nSPS) is 9.29. The molecule has 0 radical (unpaired) electrons. The zero-order valence-electron chi connectivity index (χ0n) is 3.83. The van der Waals surface area contributed by atoms with Gasteiger partial charge in [0, 0.05) is 6.20 Å². The summed E-state index contributed by atoms with van der Waals surface area (Å²) in [4.78, 5) is 0.426. The number of aromatic nitrogens is 3. The Morgan fingerprint density at radius 1 is 1.86 bits per heavy atom. The van der Waals surface area contributed by atoms with Gasteiger partial charge in [0.1, 0.15) is 0 Å². The summed E-state index contributed by atoms with van der Waals surface area (Å²) in [7, 11) is 0. The molecule has 1 aromatic rings. The van der Waals surface area contributed by atoms with Crippen LogP contribution in [0.4, 0.5) is 0 Å². The summed E-state index contributed by atoms with van der Waals surface area (Å²) >= 11 is 0. The molecule has 4 nitrogen and oxygen atoms in total. The SMILES string of the molecule is Cc1cn([O-])nn1. The molecule has 0 aliphatic heterocycles. The summed E-state index contributed by atoms with van der Waals surface area (Å²) < 4.78 is 0. The van der Waals surface area contributed by atoms with Crippen molar-refractivity contribution in [3.05, 3.63) is 17.1 Å². The minimum atomic E-state index is 0.426. The first-order valence-corrected chi connectivity index (χ1v) is 1.85. The van der Waals surface area contributed by atoms with E-state index < -0.39 is 0 Å². The molecule has 0 saturated carbocycles. The van der Waals surface area contributed by atoms with E-state index in [0.717, 1.165) is 0 Å².